The van der Waals surface area contributed by atoms with Gasteiger partial charge >= 0.3 is 0 Å². The molecule has 162 valence electrons. The van der Waals surface area contributed by atoms with Crippen LogP contribution < -0.4 is 0 Å². The molecule has 31 heavy (non-hydrogen) atoms. The summed E-state index contributed by atoms with van der Waals surface area (Å²) in [7, 11) is 0. The standard InChI is InChI=1S/C15H15Cl3.C12H11Cl/c1-10(2)9-13-12-6-4-3-5-11(12)7-8-14(13)15(16,17)18;1-9-6-7-10-4-2-3-5-11(10)12(9)8-13/h3-8,10H,9H2,1-2H3;2-7H,8H2,1H3. The lowest BCUT2D eigenvalue weighted by atomic mass is 9.93. The average molecular weight is 492 g/mol. The zero-order valence-corrected chi connectivity index (χ0v) is 21.0. The van der Waals surface area contributed by atoms with Crippen LogP contribution in [0.1, 0.15) is 36.1 Å². The van der Waals surface area contributed by atoms with Gasteiger partial charge in [0.25, 0.3) is 0 Å². The molecule has 0 fully saturated rings. The van der Waals surface area contributed by atoms with Crippen molar-refractivity contribution in [1.29, 1.82) is 0 Å². The van der Waals surface area contributed by atoms with Gasteiger partial charge in [-0.25, -0.2) is 0 Å². The summed E-state index contributed by atoms with van der Waals surface area (Å²) in [6.07, 6.45) is 0.907. The monoisotopic (exact) mass is 490 g/mol. The molecule has 4 aromatic carbocycles. The van der Waals surface area contributed by atoms with Gasteiger partial charge in [0.15, 0.2) is 0 Å². The van der Waals surface area contributed by atoms with Crippen LogP contribution in [0.15, 0.2) is 72.8 Å². The minimum Gasteiger partial charge on any atom is -0.122 e. The number of hydrogen-bond acceptors (Lipinski definition) is 0. The van der Waals surface area contributed by atoms with E-state index in [-0.39, 0.29) is 0 Å². The maximum atomic E-state index is 6.08. The highest BCUT2D eigenvalue weighted by molar-refractivity contribution is 6.66. The fourth-order valence-electron chi connectivity index (χ4n) is 3.85. The smallest absolute Gasteiger partial charge is 0.122 e. The molecule has 0 aliphatic heterocycles. The molecule has 4 rings (SSSR count). The van der Waals surface area contributed by atoms with E-state index >= 15 is 0 Å². The molecule has 0 N–H and O–H groups in total. The molecule has 0 aliphatic rings. The van der Waals surface area contributed by atoms with Gasteiger partial charge in [-0.15, -0.1) is 11.6 Å². The van der Waals surface area contributed by atoms with E-state index in [0.29, 0.717) is 11.8 Å². The van der Waals surface area contributed by atoms with Crippen LogP contribution in [0.2, 0.25) is 0 Å². The Morgan fingerprint density at radius 3 is 1.74 bits per heavy atom. The van der Waals surface area contributed by atoms with Crippen LogP contribution in [0.3, 0.4) is 0 Å². The highest BCUT2D eigenvalue weighted by atomic mass is 35.6. The number of hydrogen-bond donors (Lipinski definition) is 0. The van der Waals surface area contributed by atoms with Crippen LogP contribution in [-0.4, -0.2) is 0 Å². The Bertz CT molecular complexity index is 1170. The van der Waals surface area contributed by atoms with Gasteiger partial charge in [-0.3, -0.25) is 0 Å². The molecular weight excluding hydrogens is 466 g/mol. The van der Waals surface area contributed by atoms with E-state index in [2.05, 4.69) is 69.3 Å². The molecule has 0 aromatic heterocycles. The molecule has 0 amide bonds. The van der Waals surface area contributed by atoms with E-state index in [9.17, 15) is 0 Å². The predicted molar refractivity (Wildman–Crippen MR) is 140 cm³/mol. The summed E-state index contributed by atoms with van der Waals surface area (Å²) in [6, 6.07) is 24.8. The minimum atomic E-state index is -1.37. The molecule has 4 aromatic rings. The number of fused-ring (bicyclic) bond motifs is 2. The summed E-state index contributed by atoms with van der Waals surface area (Å²) in [6.45, 7) is 6.44. The van der Waals surface area contributed by atoms with Gasteiger partial charge < -0.3 is 0 Å². The molecule has 0 heterocycles. The van der Waals surface area contributed by atoms with Crippen molar-refractivity contribution in [3.63, 3.8) is 0 Å². The topological polar surface area (TPSA) is 0 Å². The SMILES string of the molecule is CC(C)Cc1c(C(Cl)(Cl)Cl)ccc2ccccc12.Cc1ccc2ccccc2c1CCl. The zero-order chi connectivity index (χ0) is 22.6. The van der Waals surface area contributed by atoms with Crippen molar-refractivity contribution >= 4 is 67.9 Å². The first-order valence-corrected chi connectivity index (χ1v) is 12.0. The Morgan fingerprint density at radius 1 is 0.710 bits per heavy atom. The highest BCUT2D eigenvalue weighted by Crippen LogP contribution is 2.42. The summed E-state index contributed by atoms with van der Waals surface area (Å²) >= 11 is 24.1. The van der Waals surface area contributed by atoms with Gasteiger partial charge in [0.1, 0.15) is 0 Å². The number of halogens is 4. The van der Waals surface area contributed by atoms with Crippen LogP contribution in [0, 0.1) is 12.8 Å². The molecule has 0 unspecified atom stereocenters. The molecule has 0 atom stereocenters. The Morgan fingerprint density at radius 2 is 1.23 bits per heavy atom. The molecule has 0 saturated carbocycles. The van der Waals surface area contributed by atoms with Crippen LogP contribution in [0.5, 0.6) is 0 Å². The summed E-state index contributed by atoms with van der Waals surface area (Å²) in [5.74, 6) is 1.11. The molecular formula is C27H26Cl4. The van der Waals surface area contributed by atoms with Crippen molar-refractivity contribution in [2.24, 2.45) is 5.92 Å². The van der Waals surface area contributed by atoms with Crippen LogP contribution in [0.25, 0.3) is 21.5 Å². The van der Waals surface area contributed by atoms with Crippen molar-refractivity contribution in [2.45, 2.75) is 36.9 Å². The largest absolute Gasteiger partial charge is 0.216 e. The Hall–Kier alpha value is -1.44. The Balaban J connectivity index is 0.000000185. The van der Waals surface area contributed by atoms with E-state index in [1.165, 1.54) is 32.7 Å². The summed E-state index contributed by atoms with van der Waals surface area (Å²) < 4.78 is -1.37. The Kier molecular flexibility index (Phi) is 8.16. The van der Waals surface area contributed by atoms with Crippen LogP contribution >= 0.6 is 46.4 Å². The summed E-state index contributed by atoms with van der Waals surface area (Å²) in [5.41, 5.74) is 4.46. The molecule has 4 heteroatoms. The average Bonchev–Trinajstić information content (AvgIpc) is 2.73. The third kappa shape index (κ3) is 5.88. The Labute approximate surface area is 205 Å². The highest BCUT2D eigenvalue weighted by Gasteiger charge is 2.27. The van der Waals surface area contributed by atoms with Crippen molar-refractivity contribution in [1.82, 2.24) is 0 Å². The number of alkyl halides is 4. The summed E-state index contributed by atoms with van der Waals surface area (Å²) in [4.78, 5) is 0. The van der Waals surface area contributed by atoms with E-state index in [4.69, 9.17) is 46.4 Å². The fourth-order valence-corrected chi connectivity index (χ4v) is 4.74. The summed E-state index contributed by atoms with van der Waals surface area (Å²) in [5, 5.41) is 4.91. The van der Waals surface area contributed by atoms with Gasteiger partial charge in [-0.2, -0.15) is 0 Å². The van der Waals surface area contributed by atoms with Gasteiger partial charge in [0.05, 0.1) is 0 Å². The maximum absolute atomic E-state index is 6.08. The second-order valence-electron chi connectivity index (χ2n) is 8.12. The van der Waals surface area contributed by atoms with E-state index < -0.39 is 3.79 Å². The quantitative estimate of drug-likeness (QED) is 0.250. The van der Waals surface area contributed by atoms with Crippen LogP contribution in [0.4, 0.5) is 0 Å². The number of rotatable bonds is 3. The first-order chi connectivity index (χ1) is 14.7. The van der Waals surface area contributed by atoms with Crippen molar-refractivity contribution in [3.05, 3.63) is 95.1 Å². The van der Waals surface area contributed by atoms with Gasteiger partial charge in [-0.1, -0.05) is 121 Å². The molecule has 0 spiro atoms. The second-order valence-corrected chi connectivity index (χ2v) is 10.7. The number of aryl methyl sites for hydroxylation is 1. The first kappa shape index (κ1) is 24.2. The normalized spacial score (nSPS) is 11.6. The van der Waals surface area contributed by atoms with E-state index in [1.807, 2.05) is 24.3 Å². The van der Waals surface area contributed by atoms with E-state index in [0.717, 1.165) is 17.5 Å². The maximum Gasteiger partial charge on any atom is 0.216 e. The molecule has 0 nitrogen and oxygen atoms in total. The number of benzene rings is 4. The lowest BCUT2D eigenvalue weighted by Crippen LogP contribution is -2.08. The van der Waals surface area contributed by atoms with Crippen molar-refractivity contribution in [2.75, 3.05) is 0 Å². The zero-order valence-electron chi connectivity index (χ0n) is 17.9. The molecule has 0 aliphatic carbocycles. The molecule has 0 bridgehead atoms. The molecule has 0 radical (unpaired) electrons. The predicted octanol–water partition coefficient (Wildman–Crippen LogP) is 9.75. The lowest BCUT2D eigenvalue weighted by molar-refractivity contribution is 0.646. The second kappa shape index (κ2) is 10.5. The first-order valence-electron chi connectivity index (χ1n) is 10.3. The van der Waals surface area contributed by atoms with Gasteiger partial charge in [0.2, 0.25) is 3.79 Å². The third-order valence-electron chi connectivity index (χ3n) is 5.37. The minimum absolute atomic E-state index is 0.516. The van der Waals surface area contributed by atoms with Crippen LogP contribution in [-0.2, 0) is 16.1 Å². The van der Waals surface area contributed by atoms with Crippen molar-refractivity contribution < 1.29 is 0 Å². The van der Waals surface area contributed by atoms with Gasteiger partial charge in [0, 0.05) is 11.4 Å². The van der Waals surface area contributed by atoms with Gasteiger partial charge in [-0.05, 0) is 57.5 Å². The van der Waals surface area contributed by atoms with Crippen molar-refractivity contribution in [3.8, 4) is 0 Å². The molecule has 0 saturated heterocycles. The lowest BCUT2D eigenvalue weighted by Gasteiger charge is -2.20. The third-order valence-corrected chi connectivity index (χ3v) is 6.24. The fraction of sp³-hybridized carbons (Fsp3) is 0.259. The van der Waals surface area contributed by atoms with E-state index in [1.54, 1.807) is 0 Å².